The van der Waals surface area contributed by atoms with E-state index in [1.165, 1.54) is 0 Å². The zero-order valence-electron chi connectivity index (χ0n) is 10.3. The molecule has 1 atom stereocenters. The maximum Gasteiger partial charge on any atom is 0.326 e. The molecule has 0 aliphatic heterocycles. The molecule has 0 saturated heterocycles. The van der Waals surface area contributed by atoms with E-state index in [0.717, 1.165) is 23.4 Å². The second kappa shape index (κ2) is 7.22. The summed E-state index contributed by atoms with van der Waals surface area (Å²) in [5.74, 6) is -0.784. The SMILES string of the molecule is CCCCC(Nc1cccc(SC)c1)C(=O)O. The molecule has 17 heavy (non-hydrogen) atoms. The zero-order valence-corrected chi connectivity index (χ0v) is 11.1. The van der Waals surface area contributed by atoms with Crippen LogP contribution in [0.25, 0.3) is 0 Å². The molecule has 94 valence electrons. The summed E-state index contributed by atoms with van der Waals surface area (Å²) >= 11 is 1.65. The number of carboxylic acid groups (broad SMARTS) is 1. The Morgan fingerprint density at radius 3 is 2.88 bits per heavy atom. The Balaban J connectivity index is 2.67. The third kappa shape index (κ3) is 4.69. The van der Waals surface area contributed by atoms with Gasteiger partial charge < -0.3 is 10.4 Å². The molecule has 0 aliphatic rings. The van der Waals surface area contributed by atoms with Gasteiger partial charge in [-0.05, 0) is 30.9 Å². The minimum absolute atomic E-state index is 0.493. The Hall–Kier alpha value is -1.16. The number of carbonyl (C=O) groups is 1. The highest BCUT2D eigenvalue weighted by Crippen LogP contribution is 2.20. The van der Waals surface area contributed by atoms with Crippen molar-refractivity contribution >= 4 is 23.4 Å². The third-order valence-corrected chi connectivity index (χ3v) is 3.28. The van der Waals surface area contributed by atoms with Gasteiger partial charge in [0, 0.05) is 10.6 Å². The van der Waals surface area contributed by atoms with Crippen molar-refractivity contribution in [3.8, 4) is 0 Å². The number of rotatable bonds is 7. The molecule has 1 rings (SSSR count). The fourth-order valence-corrected chi connectivity index (χ4v) is 2.04. The number of hydrogen-bond donors (Lipinski definition) is 2. The van der Waals surface area contributed by atoms with Crippen molar-refractivity contribution in [2.24, 2.45) is 0 Å². The molecule has 0 spiro atoms. The number of hydrogen-bond acceptors (Lipinski definition) is 3. The summed E-state index contributed by atoms with van der Waals surface area (Å²) in [5.41, 5.74) is 0.875. The number of aliphatic carboxylic acids is 1. The summed E-state index contributed by atoms with van der Waals surface area (Å²) < 4.78 is 0. The smallest absolute Gasteiger partial charge is 0.326 e. The third-order valence-electron chi connectivity index (χ3n) is 2.56. The van der Waals surface area contributed by atoms with Gasteiger partial charge in [0.1, 0.15) is 6.04 Å². The Labute approximate surface area is 107 Å². The van der Waals surface area contributed by atoms with Crippen LogP contribution >= 0.6 is 11.8 Å². The number of carboxylic acids is 1. The van der Waals surface area contributed by atoms with E-state index in [0.29, 0.717) is 6.42 Å². The zero-order chi connectivity index (χ0) is 12.7. The molecule has 0 bridgehead atoms. The molecular formula is C13H19NO2S. The Kier molecular flexibility index (Phi) is 5.91. The second-order valence-electron chi connectivity index (χ2n) is 3.91. The topological polar surface area (TPSA) is 49.3 Å². The van der Waals surface area contributed by atoms with E-state index in [2.05, 4.69) is 12.2 Å². The highest BCUT2D eigenvalue weighted by molar-refractivity contribution is 7.98. The van der Waals surface area contributed by atoms with Crippen LogP contribution in [0.3, 0.4) is 0 Å². The second-order valence-corrected chi connectivity index (χ2v) is 4.79. The molecule has 0 fully saturated rings. The molecule has 1 aromatic carbocycles. The first kappa shape index (κ1) is 13.9. The summed E-state index contributed by atoms with van der Waals surface area (Å²) in [6.07, 6.45) is 4.60. The van der Waals surface area contributed by atoms with Gasteiger partial charge in [-0.15, -0.1) is 11.8 Å². The van der Waals surface area contributed by atoms with Gasteiger partial charge in [-0.3, -0.25) is 0 Å². The summed E-state index contributed by atoms with van der Waals surface area (Å²) in [4.78, 5) is 12.2. The van der Waals surface area contributed by atoms with Crippen LogP contribution in [-0.4, -0.2) is 23.4 Å². The van der Waals surface area contributed by atoms with Gasteiger partial charge in [-0.2, -0.15) is 0 Å². The predicted octanol–water partition coefficient (Wildman–Crippen LogP) is 3.46. The molecule has 0 aliphatic carbocycles. The monoisotopic (exact) mass is 253 g/mol. The molecule has 0 amide bonds. The van der Waals surface area contributed by atoms with Gasteiger partial charge in [-0.25, -0.2) is 4.79 Å². The number of benzene rings is 1. The first-order chi connectivity index (χ1) is 8.17. The minimum Gasteiger partial charge on any atom is -0.480 e. The van der Waals surface area contributed by atoms with E-state index in [-0.39, 0.29) is 0 Å². The molecule has 1 aromatic rings. The van der Waals surface area contributed by atoms with Crippen LogP contribution in [-0.2, 0) is 4.79 Å². The van der Waals surface area contributed by atoms with E-state index in [1.54, 1.807) is 11.8 Å². The van der Waals surface area contributed by atoms with Gasteiger partial charge in [-0.1, -0.05) is 25.8 Å². The van der Waals surface area contributed by atoms with Crippen molar-refractivity contribution in [2.45, 2.75) is 37.1 Å². The first-order valence-corrected chi connectivity index (χ1v) is 7.03. The van der Waals surface area contributed by atoms with Crippen molar-refractivity contribution in [2.75, 3.05) is 11.6 Å². The van der Waals surface area contributed by atoms with E-state index in [9.17, 15) is 4.79 Å². The molecule has 0 heterocycles. The Morgan fingerprint density at radius 1 is 1.53 bits per heavy atom. The lowest BCUT2D eigenvalue weighted by Gasteiger charge is -2.15. The maximum absolute atomic E-state index is 11.1. The largest absolute Gasteiger partial charge is 0.480 e. The molecule has 0 radical (unpaired) electrons. The summed E-state index contributed by atoms with van der Waals surface area (Å²) in [6, 6.07) is 7.34. The highest BCUT2D eigenvalue weighted by Gasteiger charge is 2.16. The van der Waals surface area contributed by atoms with Crippen LogP contribution in [0.5, 0.6) is 0 Å². The van der Waals surface area contributed by atoms with Crippen molar-refractivity contribution in [3.05, 3.63) is 24.3 Å². The molecule has 0 saturated carbocycles. The number of anilines is 1. The molecule has 0 aromatic heterocycles. The summed E-state index contributed by atoms with van der Waals surface area (Å²) in [6.45, 7) is 2.06. The van der Waals surface area contributed by atoms with Crippen LogP contribution < -0.4 is 5.32 Å². The van der Waals surface area contributed by atoms with Crippen molar-refractivity contribution in [1.82, 2.24) is 0 Å². The number of thioether (sulfide) groups is 1. The molecule has 4 heteroatoms. The van der Waals surface area contributed by atoms with Gasteiger partial charge in [0.15, 0.2) is 0 Å². The normalized spacial score (nSPS) is 12.1. The van der Waals surface area contributed by atoms with Gasteiger partial charge in [0.2, 0.25) is 0 Å². The van der Waals surface area contributed by atoms with Gasteiger partial charge in [0.25, 0.3) is 0 Å². The lowest BCUT2D eigenvalue weighted by Crippen LogP contribution is -2.29. The van der Waals surface area contributed by atoms with E-state index in [1.807, 2.05) is 30.5 Å². The molecule has 1 unspecified atom stereocenters. The van der Waals surface area contributed by atoms with Crippen molar-refractivity contribution < 1.29 is 9.90 Å². The summed E-state index contributed by atoms with van der Waals surface area (Å²) in [5, 5.41) is 12.2. The van der Waals surface area contributed by atoms with Gasteiger partial charge in [0.05, 0.1) is 0 Å². The van der Waals surface area contributed by atoms with Gasteiger partial charge >= 0.3 is 5.97 Å². The standard InChI is InChI=1S/C13H19NO2S/c1-3-4-8-12(13(15)16)14-10-6-5-7-11(9-10)17-2/h5-7,9,12,14H,3-4,8H2,1-2H3,(H,15,16). The lowest BCUT2D eigenvalue weighted by molar-refractivity contribution is -0.138. The number of nitrogens with one attached hydrogen (secondary N) is 1. The molecule has 3 nitrogen and oxygen atoms in total. The van der Waals surface area contributed by atoms with Crippen LogP contribution in [0.2, 0.25) is 0 Å². The summed E-state index contributed by atoms with van der Waals surface area (Å²) in [7, 11) is 0. The van der Waals surface area contributed by atoms with Crippen LogP contribution in [0.15, 0.2) is 29.2 Å². The fraction of sp³-hybridized carbons (Fsp3) is 0.462. The van der Waals surface area contributed by atoms with E-state index >= 15 is 0 Å². The highest BCUT2D eigenvalue weighted by atomic mass is 32.2. The quantitative estimate of drug-likeness (QED) is 0.731. The predicted molar refractivity (Wildman–Crippen MR) is 72.8 cm³/mol. The van der Waals surface area contributed by atoms with E-state index < -0.39 is 12.0 Å². The Bertz CT molecular complexity index is 368. The van der Waals surface area contributed by atoms with Crippen LogP contribution in [0, 0.1) is 0 Å². The average Bonchev–Trinajstić information content (AvgIpc) is 2.34. The molecular weight excluding hydrogens is 234 g/mol. The lowest BCUT2D eigenvalue weighted by atomic mass is 10.1. The van der Waals surface area contributed by atoms with Crippen LogP contribution in [0.4, 0.5) is 5.69 Å². The Morgan fingerprint density at radius 2 is 2.29 bits per heavy atom. The molecule has 2 N–H and O–H groups in total. The van der Waals surface area contributed by atoms with Crippen molar-refractivity contribution in [1.29, 1.82) is 0 Å². The number of unbranched alkanes of at least 4 members (excludes halogenated alkanes) is 1. The minimum atomic E-state index is -0.784. The van der Waals surface area contributed by atoms with Crippen molar-refractivity contribution in [3.63, 3.8) is 0 Å². The fourth-order valence-electron chi connectivity index (χ4n) is 1.58. The average molecular weight is 253 g/mol. The van der Waals surface area contributed by atoms with E-state index in [4.69, 9.17) is 5.11 Å². The first-order valence-electron chi connectivity index (χ1n) is 5.80. The van der Waals surface area contributed by atoms with Crippen LogP contribution in [0.1, 0.15) is 26.2 Å². The maximum atomic E-state index is 11.1.